The van der Waals surface area contributed by atoms with Crippen LogP contribution in [0.1, 0.15) is 38.2 Å². The van der Waals surface area contributed by atoms with Crippen molar-refractivity contribution in [3.05, 3.63) is 29.8 Å². The SMILES string of the molecule is CCCCCC(CN)N1CCc2ccccc21. The fraction of sp³-hybridized carbons (Fsp3) is 0.600. The highest BCUT2D eigenvalue weighted by atomic mass is 15.2. The number of nitrogens with zero attached hydrogens (tertiary/aromatic N) is 1. The molecule has 1 aromatic carbocycles. The molecule has 2 N–H and O–H groups in total. The summed E-state index contributed by atoms with van der Waals surface area (Å²) < 4.78 is 0. The second-order valence-electron chi connectivity index (χ2n) is 4.96. The van der Waals surface area contributed by atoms with E-state index < -0.39 is 0 Å². The summed E-state index contributed by atoms with van der Waals surface area (Å²) in [6, 6.07) is 9.29. The number of para-hydroxylation sites is 1. The molecule has 0 saturated heterocycles. The number of hydrogen-bond donors (Lipinski definition) is 1. The summed E-state index contributed by atoms with van der Waals surface area (Å²) in [5, 5.41) is 0. The molecule has 1 heterocycles. The Balaban J connectivity index is 2.01. The molecule has 1 aromatic rings. The van der Waals surface area contributed by atoms with Crippen LogP contribution in [0.4, 0.5) is 5.69 Å². The smallest absolute Gasteiger partial charge is 0.0412 e. The number of nitrogens with two attached hydrogens (primary N) is 1. The maximum Gasteiger partial charge on any atom is 0.0412 e. The van der Waals surface area contributed by atoms with Crippen molar-refractivity contribution in [3.63, 3.8) is 0 Å². The van der Waals surface area contributed by atoms with Crippen molar-refractivity contribution in [1.29, 1.82) is 0 Å². The highest BCUT2D eigenvalue weighted by Gasteiger charge is 2.24. The van der Waals surface area contributed by atoms with Crippen LogP contribution in [-0.4, -0.2) is 19.1 Å². The number of hydrogen-bond acceptors (Lipinski definition) is 2. The van der Waals surface area contributed by atoms with E-state index in [0.29, 0.717) is 6.04 Å². The number of unbranched alkanes of at least 4 members (excludes halogenated alkanes) is 2. The van der Waals surface area contributed by atoms with Gasteiger partial charge in [0.05, 0.1) is 0 Å². The first kappa shape index (κ1) is 12.4. The minimum absolute atomic E-state index is 0.533. The van der Waals surface area contributed by atoms with Gasteiger partial charge in [0.2, 0.25) is 0 Å². The lowest BCUT2D eigenvalue weighted by molar-refractivity contribution is 0.531. The minimum Gasteiger partial charge on any atom is -0.367 e. The standard InChI is InChI=1S/C15H24N2/c1-2-3-4-8-14(12-16)17-11-10-13-7-5-6-9-15(13)17/h5-7,9,14H,2-4,8,10-12,16H2,1H3. The van der Waals surface area contributed by atoms with Crippen molar-refractivity contribution in [2.45, 2.75) is 45.1 Å². The summed E-state index contributed by atoms with van der Waals surface area (Å²) >= 11 is 0. The van der Waals surface area contributed by atoms with E-state index in [0.717, 1.165) is 13.1 Å². The fourth-order valence-corrected chi connectivity index (χ4v) is 2.77. The summed E-state index contributed by atoms with van der Waals surface area (Å²) in [5.41, 5.74) is 8.85. The minimum atomic E-state index is 0.533. The quantitative estimate of drug-likeness (QED) is 0.764. The molecule has 2 heteroatoms. The molecule has 2 rings (SSSR count). The highest BCUT2D eigenvalue weighted by Crippen LogP contribution is 2.30. The van der Waals surface area contributed by atoms with Crippen LogP contribution in [-0.2, 0) is 6.42 Å². The zero-order chi connectivity index (χ0) is 12.1. The second-order valence-corrected chi connectivity index (χ2v) is 4.96. The third-order valence-corrected chi connectivity index (χ3v) is 3.78. The van der Waals surface area contributed by atoms with Crippen LogP contribution in [0, 0.1) is 0 Å². The summed E-state index contributed by atoms with van der Waals surface area (Å²) in [5.74, 6) is 0. The Labute approximate surface area is 105 Å². The van der Waals surface area contributed by atoms with Gasteiger partial charge in [0.15, 0.2) is 0 Å². The molecular formula is C15H24N2. The Morgan fingerprint density at radius 1 is 1.29 bits per heavy atom. The maximum atomic E-state index is 5.95. The van der Waals surface area contributed by atoms with Crippen molar-refractivity contribution in [2.75, 3.05) is 18.0 Å². The zero-order valence-electron chi connectivity index (χ0n) is 10.9. The first-order chi connectivity index (χ1) is 8.36. The Morgan fingerprint density at radius 2 is 2.12 bits per heavy atom. The molecule has 0 radical (unpaired) electrons. The summed E-state index contributed by atoms with van der Waals surface area (Å²) in [4.78, 5) is 2.52. The third-order valence-electron chi connectivity index (χ3n) is 3.78. The van der Waals surface area contributed by atoms with Crippen LogP contribution >= 0.6 is 0 Å². The van der Waals surface area contributed by atoms with E-state index in [-0.39, 0.29) is 0 Å². The van der Waals surface area contributed by atoms with Gasteiger partial charge in [-0.05, 0) is 24.5 Å². The summed E-state index contributed by atoms with van der Waals surface area (Å²) in [6.45, 7) is 4.17. The lowest BCUT2D eigenvalue weighted by Crippen LogP contribution is -2.39. The molecule has 1 aliphatic heterocycles. The van der Waals surface area contributed by atoms with Gasteiger partial charge >= 0.3 is 0 Å². The van der Waals surface area contributed by atoms with Gasteiger partial charge in [-0.25, -0.2) is 0 Å². The van der Waals surface area contributed by atoms with E-state index >= 15 is 0 Å². The van der Waals surface area contributed by atoms with Crippen molar-refractivity contribution in [3.8, 4) is 0 Å². The molecule has 94 valence electrons. The average molecular weight is 232 g/mol. The van der Waals surface area contributed by atoms with E-state index in [1.807, 2.05) is 0 Å². The molecule has 0 amide bonds. The molecule has 0 spiro atoms. The van der Waals surface area contributed by atoms with Gasteiger partial charge in [0, 0.05) is 24.8 Å². The molecule has 0 saturated carbocycles. The van der Waals surface area contributed by atoms with E-state index in [9.17, 15) is 0 Å². The van der Waals surface area contributed by atoms with Crippen LogP contribution in [0.15, 0.2) is 24.3 Å². The number of rotatable bonds is 6. The van der Waals surface area contributed by atoms with E-state index in [1.165, 1.54) is 43.4 Å². The molecule has 17 heavy (non-hydrogen) atoms. The van der Waals surface area contributed by atoms with E-state index in [1.54, 1.807) is 0 Å². The van der Waals surface area contributed by atoms with Gasteiger partial charge < -0.3 is 10.6 Å². The molecule has 1 aliphatic rings. The Kier molecular flexibility index (Phi) is 4.43. The van der Waals surface area contributed by atoms with Crippen LogP contribution < -0.4 is 10.6 Å². The zero-order valence-corrected chi connectivity index (χ0v) is 10.9. The van der Waals surface area contributed by atoms with Crippen LogP contribution in [0.3, 0.4) is 0 Å². The monoisotopic (exact) mass is 232 g/mol. The largest absolute Gasteiger partial charge is 0.367 e. The predicted molar refractivity (Wildman–Crippen MR) is 74.5 cm³/mol. The van der Waals surface area contributed by atoms with Crippen LogP contribution in [0.2, 0.25) is 0 Å². The Hall–Kier alpha value is -1.02. The lowest BCUT2D eigenvalue weighted by Gasteiger charge is -2.29. The lowest BCUT2D eigenvalue weighted by atomic mass is 10.1. The van der Waals surface area contributed by atoms with Gasteiger partial charge in [-0.1, -0.05) is 44.4 Å². The van der Waals surface area contributed by atoms with Gasteiger partial charge in [-0.15, -0.1) is 0 Å². The maximum absolute atomic E-state index is 5.95. The van der Waals surface area contributed by atoms with Gasteiger partial charge in [0.1, 0.15) is 0 Å². The summed E-state index contributed by atoms with van der Waals surface area (Å²) in [7, 11) is 0. The van der Waals surface area contributed by atoms with Crippen molar-refractivity contribution >= 4 is 5.69 Å². The number of anilines is 1. The van der Waals surface area contributed by atoms with Crippen molar-refractivity contribution in [2.24, 2.45) is 5.73 Å². The van der Waals surface area contributed by atoms with Crippen molar-refractivity contribution < 1.29 is 0 Å². The van der Waals surface area contributed by atoms with Crippen LogP contribution in [0.25, 0.3) is 0 Å². The predicted octanol–water partition coefficient (Wildman–Crippen LogP) is 2.96. The molecule has 1 atom stereocenters. The second kappa shape index (κ2) is 6.06. The topological polar surface area (TPSA) is 29.3 Å². The van der Waals surface area contributed by atoms with Crippen molar-refractivity contribution in [1.82, 2.24) is 0 Å². The number of fused-ring (bicyclic) bond motifs is 1. The van der Waals surface area contributed by atoms with Gasteiger partial charge in [-0.3, -0.25) is 0 Å². The first-order valence-corrected chi connectivity index (χ1v) is 6.91. The molecule has 0 aliphatic carbocycles. The molecule has 0 aromatic heterocycles. The Bertz CT molecular complexity index is 349. The van der Waals surface area contributed by atoms with Gasteiger partial charge in [-0.2, -0.15) is 0 Å². The van der Waals surface area contributed by atoms with Gasteiger partial charge in [0.25, 0.3) is 0 Å². The molecule has 0 bridgehead atoms. The summed E-state index contributed by atoms with van der Waals surface area (Å²) in [6.07, 6.45) is 6.33. The number of benzene rings is 1. The normalized spacial score (nSPS) is 16.0. The molecule has 1 unspecified atom stereocenters. The highest BCUT2D eigenvalue weighted by molar-refractivity contribution is 5.58. The molecule has 0 fully saturated rings. The molecule has 2 nitrogen and oxygen atoms in total. The third kappa shape index (κ3) is 2.81. The van der Waals surface area contributed by atoms with E-state index in [2.05, 4.69) is 36.1 Å². The van der Waals surface area contributed by atoms with E-state index in [4.69, 9.17) is 5.73 Å². The first-order valence-electron chi connectivity index (χ1n) is 6.91. The Morgan fingerprint density at radius 3 is 2.88 bits per heavy atom. The fourth-order valence-electron chi connectivity index (χ4n) is 2.77. The molecular weight excluding hydrogens is 208 g/mol. The average Bonchev–Trinajstić information content (AvgIpc) is 2.79. The van der Waals surface area contributed by atoms with Crippen LogP contribution in [0.5, 0.6) is 0 Å².